The first-order valence-electron chi connectivity index (χ1n) is 7.85. The number of nitrogens with one attached hydrogen (secondary N) is 2. The molecule has 12 heteroatoms. The first kappa shape index (κ1) is 22.8. The lowest BCUT2D eigenvalue weighted by atomic mass is 10.2. The number of hydrogen-bond acceptors (Lipinski definition) is 5. The van der Waals surface area contributed by atoms with Crippen LogP contribution < -0.4 is 10.0 Å². The average Bonchev–Trinajstić information content (AvgIpc) is 2.64. The maximum absolute atomic E-state index is 12.6. The fourth-order valence-electron chi connectivity index (χ4n) is 2.04. The molecule has 156 valence electrons. The van der Waals surface area contributed by atoms with Gasteiger partial charge in [0.15, 0.2) is 6.61 Å². The van der Waals surface area contributed by atoms with Gasteiger partial charge in [-0.2, -0.15) is 17.9 Å². The number of benzene rings is 2. The molecule has 0 aliphatic carbocycles. The van der Waals surface area contributed by atoms with E-state index in [9.17, 15) is 31.2 Å². The number of alkyl halides is 3. The van der Waals surface area contributed by atoms with Gasteiger partial charge in [-0.1, -0.05) is 28.1 Å². The van der Waals surface area contributed by atoms with Crippen LogP contribution in [-0.4, -0.2) is 33.4 Å². The van der Waals surface area contributed by atoms with Gasteiger partial charge in [0.2, 0.25) is 10.0 Å². The minimum atomic E-state index is -4.57. The average molecular weight is 495 g/mol. The van der Waals surface area contributed by atoms with Gasteiger partial charge in [0.1, 0.15) is 6.54 Å². The van der Waals surface area contributed by atoms with Gasteiger partial charge >= 0.3 is 12.1 Å². The number of amides is 1. The Bertz CT molecular complexity index is 1010. The molecule has 0 aliphatic rings. The molecule has 29 heavy (non-hydrogen) atoms. The highest BCUT2D eigenvalue weighted by Crippen LogP contribution is 2.30. The summed E-state index contributed by atoms with van der Waals surface area (Å²) in [6.45, 7) is -1.53. The van der Waals surface area contributed by atoms with E-state index in [4.69, 9.17) is 0 Å². The largest absolute Gasteiger partial charge is 0.455 e. The van der Waals surface area contributed by atoms with Crippen molar-refractivity contribution in [1.29, 1.82) is 0 Å². The lowest BCUT2D eigenvalue weighted by molar-refractivity contribution is -0.146. The molecule has 2 aromatic rings. The van der Waals surface area contributed by atoms with Crippen LogP contribution in [0.15, 0.2) is 57.9 Å². The zero-order chi connectivity index (χ0) is 21.7. The third kappa shape index (κ3) is 7.15. The molecule has 0 atom stereocenters. The van der Waals surface area contributed by atoms with Gasteiger partial charge in [-0.15, -0.1) is 0 Å². The summed E-state index contributed by atoms with van der Waals surface area (Å²) < 4.78 is 69.2. The fourth-order valence-corrected chi connectivity index (χ4v) is 3.60. The van der Waals surface area contributed by atoms with Crippen molar-refractivity contribution in [2.45, 2.75) is 11.1 Å². The second kappa shape index (κ2) is 9.37. The molecule has 0 aromatic heterocycles. The Balaban J connectivity index is 1.84. The fraction of sp³-hybridized carbons (Fsp3) is 0.176. The topological polar surface area (TPSA) is 102 Å². The number of carbonyl (C=O) groups is 2. The van der Waals surface area contributed by atoms with Crippen LogP contribution in [0.1, 0.15) is 5.56 Å². The Kier molecular flexibility index (Phi) is 7.38. The molecule has 2 aromatic carbocycles. The maximum atomic E-state index is 12.6. The van der Waals surface area contributed by atoms with Crippen molar-refractivity contribution in [3.05, 3.63) is 58.6 Å². The molecule has 1 amide bonds. The monoisotopic (exact) mass is 494 g/mol. The minimum Gasteiger partial charge on any atom is -0.455 e. The van der Waals surface area contributed by atoms with Crippen LogP contribution in [0.25, 0.3) is 0 Å². The summed E-state index contributed by atoms with van der Waals surface area (Å²) in [5.74, 6) is -1.92. The van der Waals surface area contributed by atoms with Crippen LogP contribution in [0.5, 0.6) is 0 Å². The van der Waals surface area contributed by atoms with Gasteiger partial charge in [0.25, 0.3) is 5.91 Å². The normalized spacial score (nSPS) is 11.7. The molecule has 2 N–H and O–H groups in total. The predicted octanol–water partition coefficient (Wildman–Crippen LogP) is 2.93. The van der Waals surface area contributed by atoms with Crippen LogP contribution in [0.3, 0.4) is 0 Å². The number of ether oxygens (including phenoxy) is 1. The standard InChI is InChI=1S/C17H14BrF3N2O5S/c18-12-4-2-6-14(8-12)29(26,27)22-9-16(25)28-10-15(24)23-13-5-1-3-11(7-13)17(19,20)21/h1-8,22H,9-10H2,(H,23,24). The molecule has 0 bridgehead atoms. The molecule has 0 unspecified atom stereocenters. The minimum absolute atomic E-state index is 0.0815. The number of anilines is 1. The third-order valence-electron chi connectivity index (χ3n) is 3.35. The first-order valence-corrected chi connectivity index (χ1v) is 10.1. The summed E-state index contributed by atoms with van der Waals surface area (Å²) in [5, 5.41) is 2.15. The summed E-state index contributed by atoms with van der Waals surface area (Å²) in [4.78, 5) is 23.3. The first-order chi connectivity index (χ1) is 13.5. The second-order valence-electron chi connectivity index (χ2n) is 5.57. The third-order valence-corrected chi connectivity index (χ3v) is 5.24. The van der Waals surface area contributed by atoms with Gasteiger partial charge in [-0.3, -0.25) is 9.59 Å². The van der Waals surface area contributed by atoms with Gasteiger partial charge < -0.3 is 10.1 Å². The summed E-state index contributed by atoms with van der Waals surface area (Å²) in [6.07, 6.45) is -4.57. The van der Waals surface area contributed by atoms with Crippen molar-refractivity contribution >= 4 is 43.5 Å². The van der Waals surface area contributed by atoms with E-state index in [2.05, 4.69) is 26.0 Å². The Morgan fingerprint density at radius 1 is 1.07 bits per heavy atom. The Morgan fingerprint density at radius 2 is 1.76 bits per heavy atom. The second-order valence-corrected chi connectivity index (χ2v) is 8.25. The van der Waals surface area contributed by atoms with Gasteiger partial charge in [-0.05, 0) is 36.4 Å². The smallest absolute Gasteiger partial charge is 0.416 e. The van der Waals surface area contributed by atoms with E-state index in [0.717, 1.165) is 18.2 Å². The van der Waals surface area contributed by atoms with Crippen molar-refractivity contribution in [3.63, 3.8) is 0 Å². The lowest BCUT2D eigenvalue weighted by Gasteiger charge is -2.10. The van der Waals surface area contributed by atoms with Gasteiger partial charge in [0, 0.05) is 10.2 Å². The molecule has 2 rings (SSSR count). The highest BCUT2D eigenvalue weighted by molar-refractivity contribution is 9.10. The van der Waals surface area contributed by atoms with E-state index >= 15 is 0 Å². The molecule has 0 saturated heterocycles. The van der Waals surface area contributed by atoms with Crippen molar-refractivity contribution in [2.75, 3.05) is 18.5 Å². The van der Waals surface area contributed by atoms with Crippen molar-refractivity contribution in [2.24, 2.45) is 0 Å². The Labute approximate surface area is 172 Å². The maximum Gasteiger partial charge on any atom is 0.416 e. The molecule has 0 aliphatic heterocycles. The summed E-state index contributed by atoms with van der Waals surface area (Å²) in [5.41, 5.74) is -1.08. The highest BCUT2D eigenvalue weighted by Gasteiger charge is 2.30. The molecule has 0 heterocycles. The quantitative estimate of drug-likeness (QED) is 0.576. The van der Waals surface area contributed by atoms with Crippen LogP contribution in [0, 0.1) is 0 Å². The van der Waals surface area contributed by atoms with Crippen LogP contribution in [-0.2, 0) is 30.5 Å². The van der Waals surface area contributed by atoms with E-state index in [1.165, 1.54) is 24.3 Å². The van der Waals surface area contributed by atoms with Crippen molar-refractivity contribution in [3.8, 4) is 0 Å². The number of halogens is 4. The number of rotatable bonds is 7. The molecule has 7 nitrogen and oxygen atoms in total. The predicted molar refractivity (Wildman–Crippen MR) is 100 cm³/mol. The van der Waals surface area contributed by atoms with E-state index in [1.54, 1.807) is 6.07 Å². The Hall–Kier alpha value is -2.44. The zero-order valence-corrected chi connectivity index (χ0v) is 16.9. The molecule has 0 saturated carbocycles. The van der Waals surface area contributed by atoms with E-state index in [-0.39, 0.29) is 10.6 Å². The molecule has 0 spiro atoms. The van der Waals surface area contributed by atoms with Crippen molar-refractivity contribution < 1.29 is 35.9 Å². The summed E-state index contributed by atoms with van der Waals surface area (Å²) >= 11 is 3.13. The van der Waals surface area contributed by atoms with E-state index < -0.39 is 46.8 Å². The molecular weight excluding hydrogens is 481 g/mol. The highest BCUT2D eigenvalue weighted by atomic mass is 79.9. The van der Waals surface area contributed by atoms with Crippen LogP contribution in [0.4, 0.5) is 18.9 Å². The zero-order valence-electron chi connectivity index (χ0n) is 14.5. The van der Waals surface area contributed by atoms with Crippen molar-refractivity contribution in [1.82, 2.24) is 4.72 Å². The lowest BCUT2D eigenvalue weighted by Crippen LogP contribution is -2.32. The van der Waals surface area contributed by atoms with Crippen LogP contribution in [0.2, 0.25) is 0 Å². The summed E-state index contributed by atoms with van der Waals surface area (Å²) in [7, 11) is -3.97. The molecular formula is C17H14BrF3N2O5S. The summed E-state index contributed by atoms with van der Waals surface area (Å²) in [6, 6.07) is 9.68. The van der Waals surface area contributed by atoms with E-state index in [0.29, 0.717) is 4.47 Å². The molecule has 0 radical (unpaired) electrons. The van der Waals surface area contributed by atoms with Gasteiger partial charge in [0.05, 0.1) is 10.5 Å². The number of carbonyl (C=O) groups excluding carboxylic acids is 2. The van der Waals surface area contributed by atoms with E-state index in [1.807, 2.05) is 4.72 Å². The number of esters is 1. The SMILES string of the molecule is O=C(COC(=O)CNS(=O)(=O)c1cccc(Br)c1)Nc1cccc(C(F)(F)F)c1. The molecule has 0 fully saturated rings. The number of sulfonamides is 1. The van der Waals surface area contributed by atoms with Gasteiger partial charge in [-0.25, -0.2) is 8.42 Å². The number of hydrogen-bond donors (Lipinski definition) is 2. The Morgan fingerprint density at radius 3 is 2.41 bits per heavy atom. The van der Waals surface area contributed by atoms with Crippen LogP contribution >= 0.6 is 15.9 Å².